The van der Waals surface area contributed by atoms with Crippen molar-refractivity contribution in [1.29, 1.82) is 0 Å². The molecule has 21 heavy (non-hydrogen) atoms. The van der Waals surface area contributed by atoms with Crippen molar-refractivity contribution in [2.24, 2.45) is 0 Å². The van der Waals surface area contributed by atoms with Crippen molar-refractivity contribution >= 4 is 5.69 Å². The van der Waals surface area contributed by atoms with Gasteiger partial charge in [-0.1, -0.05) is 13.0 Å². The van der Waals surface area contributed by atoms with Crippen LogP contribution in [0.4, 0.5) is 18.9 Å². The van der Waals surface area contributed by atoms with Crippen molar-refractivity contribution in [3.63, 3.8) is 0 Å². The predicted molar refractivity (Wildman–Crippen MR) is 79.5 cm³/mol. The number of hydrogen-bond donors (Lipinski definition) is 1. The SMILES string of the molecule is CCNCc1ccc(N2CCCCC2C)c(C(F)(F)F)c1. The fourth-order valence-corrected chi connectivity index (χ4v) is 2.90. The molecule has 0 amide bonds. The lowest BCUT2D eigenvalue weighted by Gasteiger charge is -2.37. The van der Waals surface area contributed by atoms with E-state index in [0.29, 0.717) is 24.3 Å². The maximum absolute atomic E-state index is 13.4. The van der Waals surface area contributed by atoms with E-state index in [-0.39, 0.29) is 6.04 Å². The van der Waals surface area contributed by atoms with Gasteiger partial charge in [0.2, 0.25) is 0 Å². The van der Waals surface area contributed by atoms with Gasteiger partial charge in [0.25, 0.3) is 0 Å². The second-order valence-electron chi connectivity index (χ2n) is 5.67. The largest absolute Gasteiger partial charge is 0.418 e. The van der Waals surface area contributed by atoms with E-state index in [1.165, 1.54) is 6.07 Å². The normalized spacial score (nSPS) is 19.9. The highest BCUT2D eigenvalue weighted by Gasteiger charge is 2.36. The smallest absolute Gasteiger partial charge is 0.368 e. The molecule has 5 heteroatoms. The Morgan fingerprint density at radius 3 is 2.67 bits per heavy atom. The van der Waals surface area contributed by atoms with Crippen molar-refractivity contribution < 1.29 is 13.2 Å². The molecule has 1 heterocycles. The van der Waals surface area contributed by atoms with Crippen LogP contribution < -0.4 is 10.2 Å². The molecule has 0 aliphatic carbocycles. The predicted octanol–water partition coefficient (Wildman–Crippen LogP) is 4.19. The van der Waals surface area contributed by atoms with Crippen LogP contribution in [0.15, 0.2) is 18.2 Å². The van der Waals surface area contributed by atoms with Gasteiger partial charge in [-0.25, -0.2) is 0 Å². The second-order valence-corrected chi connectivity index (χ2v) is 5.67. The van der Waals surface area contributed by atoms with E-state index in [2.05, 4.69) is 5.32 Å². The number of nitrogens with zero attached hydrogens (tertiary/aromatic N) is 1. The van der Waals surface area contributed by atoms with Gasteiger partial charge in [0.15, 0.2) is 0 Å². The van der Waals surface area contributed by atoms with Gasteiger partial charge in [-0.3, -0.25) is 0 Å². The molecule has 2 nitrogen and oxygen atoms in total. The summed E-state index contributed by atoms with van der Waals surface area (Å²) in [6.07, 6.45) is -1.30. The molecule has 1 unspecified atom stereocenters. The molecular weight excluding hydrogens is 277 g/mol. The molecule has 0 aromatic heterocycles. The van der Waals surface area contributed by atoms with Gasteiger partial charge >= 0.3 is 6.18 Å². The first kappa shape index (κ1) is 16.1. The summed E-state index contributed by atoms with van der Waals surface area (Å²) in [5.74, 6) is 0. The van der Waals surface area contributed by atoms with Gasteiger partial charge in [-0.15, -0.1) is 0 Å². The van der Waals surface area contributed by atoms with Crippen molar-refractivity contribution in [2.45, 2.75) is 51.9 Å². The minimum absolute atomic E-state index is 0.166. The molecule has 0 bridgehead atoms. The van der Waals surface area contributed by atoms with Crippen LogP contribution in [0.2, 0.25) is 0 Å². The molecule has 0 spiro atoms. The Morgan fingerprint density at radius 2 is 2.05 bits per heavy atom. The van der Waals surface area contributed by atoms with Gasteiger partial charge < -0.3 is 10.2 Å². The summed E-state index contributed by atoms with van der Waals surface area (Å²) in [7, 11) is 0. The molecule has 1 aliphatic rings. The highest BCUT2D eigenvalue weighted by molar-refractivity contribution is 5.57. The maximum atomic E-state index is 13.4. The van der Waals surface area contributed by atoms with Crippen molar-refractivity contribution in [3.05, 3.63) is 29.3 Å². The van der Waals surface area contributed by atoms with Crippen molar-refractivity contribution in [3.8, 4) is 0 Å². The summed E-state index contributed by atoms with van der Waals surface area (Å²) in [6, 6.07) is 4.89. The van der Waals surface area contributed by atoms with Crippen LogP contribution in [0.25, 0.3) is 0 Å². The molecule has 1 aromatic rings. The number of anilines is 1. The average molecular weight is 300 g/mol. The van der Waals surface area contributed by atoms with Crippen LogP contribution in [0.5, 0.6) is 0 Å². The van der Waals surface area contributed by atoms with E-state index < -0.39 is 11.7 Å². The van der Waals surface area contributed by atoms with Crippen LogP contribution in [0, 0.1) is 0 Å². The highest BCUT2D eigenvalue weighted by Crippen LogP contribution is 2.39. The summed E-state index contributed by atoms with van der Waals surface area (Å²) in [5.41, 5.74) is 0.499. The number of alkyl halides is 3. The van der Waals surface area contributed by atoms with E-state index >= 15 is 0 Å². The second kappa shape index (κ2) is 6.69. The average Bonchev–Trinajstić information content (AvgIpc) is 2.44. The summed E-state index contributed by atoms with van der Waals surface area (Å²) >= 11 is 0. The molecule has 118 valence electrons. The highest BCUT2D eigenvalue weighted by atomic mass is 19.4. The van der Waals surface area contributed by atoms with E-state index in [0.717, 1.165) is 25.8 Å². The summed E-state index contributed by atoms with van der Waals surface area (Å²) in [6.45, 7) is 5.86. The number of benzene rings is 1. The monoisotopic (exact) mass is 300 g/mol. The number of nitrogens with one attached hydrogen (secondary N) is 1. The fraction of sp³-hybridized carbons (Fsp3) is 0.625. The first-order valence-electron chi connectivity index (χ1n) is 7.61. The van der Waals surface area contributed by atoms with E-state index in [1.807, 2.05) is 18.7 Å². The van der Waals surface area contributed by atoms with Gasteiger partial charge in [-0.2, -0.15) is 13.2 Å². The molecular formula is C16H23F3N2. The van der Waals surface area contributed by atoms with Gasteiger partial charge in [0.1, 0.15) is 0 Å². The molecule has 1 fully saturated rings. The number of hydrogen-bond acceptors (Lipinski definition) is 2. The van der Waals surface area contributed by atoms with Crippen LogP contribution >= 0.6 is 0 Å². The number of rotatable bonds is 4. The van der Waals surface area contributed by atoms with Crippen LogP contribution in [0.1, 0.15) is 44.2 Å². The molecule has 1 saturated heterocycles. The van der Waals surface area contributed by atoms with Gasteiger partial charge in [0.05, 0.1) is 5.56 Å². The number of piperidine rings is 1. The third-order valence-electron chi connectivity index (χ3n) is 4.06. The molecule has 2 rings (SSSR count). The summed E-state index contributed by atoms with van der Waals surface area (Å²) in [4.78, 5) is 1.91. The Labute approximate surface area is 124 Å². The standard InChI is InChI=1S/C16H23F3N2/c1-3-20-11-13-7-8-15(14(10-13)16(17,18)19)21-9-5-4-6-12(21)2/h7-8,10,12,20H,3-6,9,11H2,1-2H3. The molecule has 1 atom stereocenters. The fourth-order valence-electron chi connectivity index (χ4n) is 2.90. The van der Waals surface area contributed by atoms with E-state index in [1.54, 1.807) is 12.1 Å². The quantitative estimate of drug-likeness (QED) is 0.897. The van der Waals surface area contributed by atoms with Gasteiger partial charge in [-0.05, 0) is 50.4 Å². The zero-order valence-electron chi connectivity index (χ0n) is 12.6. The summed E-state index contributed by atoms with van der Waals surface area (Å²) < 4.78 is 40.2. The van der Waals surface area contributed by atoms with Crippen LogP contribution in [-0.2, 0) is 12.7 Å². The summed E-state index contributed by atoms with van der Waals surface area (Å²) in [5, 5.41) is 3.07. The molecule has 0 saturated carbocycles. The lowest BCUT2D eigenvalue weighted by atomic mass is 9.99. The minimum atomic E-state index is -4.31. The van der Waals surface area contributed by atoms with Gasteiger partial charge in [0, 0.05) is 24.8 Å². The Balaban J connectivity index is 2.35. The Morgan fingerprint density at radius 1 is 1.29 bits per heavy atom. The lowest BCUT2D eigenvalue weighted by Crippen LogP contribution is -2.38. The zero-order valence-corrected chi connectivity index (χ0v) is 12.6. The maximum Gasteiger partial charge on any atom is 0.418 e. The number of halogens is 3. The Kier molecular flexibility index (Phi) is 5.14. The third kappa shape index (κ3) is 3.90. The molecule has 1 N–H and O–H groups in total. The first-order valence-corrected chi connectivity index (χ1v) is 7.61. The van der Waals surface area contributed by atoms with Crippen molar-refractivity contribution in [1.82, 2.24) is 5.32 Å². The molecule has 0 radical (unpaired) electrons. The van der Waals surface area contributed by atoms with E-state index in [4.69, 9.17) is 0 Å². The van der Waals surface area contributed by atoms with Crippen LogP contribution in [0.3, 0.4) is 0 Å². The Bertz CT molecular complexity index is 471. The van der Waals surface area contributed by atoms with Crippen LogP contribution in [-0.4, -0.2) is 19.1 Å². The lowest BCUT2D eigenvalue weighted by molar-refractivity contribution is -0.137. The zero-order chi connectivity index (χ0) is 15.5. The Hall–Kier alpha value is -1.23. The third-order valence-corrected chi connectivity index (χ3v) is 4.06. The van der Waals surface area contributed by atoms with Crippen molar-refractivity contribution in [2.75, 3.05) is 18.0 Å². The molecule has 1 aromatic carbocycles. The van der Waals surface area contributed by atoms with E-state index in [9.17, 15) is 13.2 Å². The first-order chi connectivity index (χ1) is 9.93. The molecule has 1 aliphatic heterocycles. The minimum Gasteiger partial charge on any atom is -0.368 e. The topological polar surface area (TPSA) is 15.3 Å².